The quantitative estimate of drug-likeness (QED) is 0.602. The van der Waals surface area contributed by atoms with Gasteiger partial charge >= 0.3 is 0 Å². The summed E-state index contributed by atoms with van der Waals surface area (Å²) in [5.74, 6) is 2.32. The van der Waals surface area contributed by atoms with Crippen LogP contribution in [0.5, 0.6) is 0 Å². The van der Waals surface area contributed by atoms with Crippen LogP contribution in [0.25, 0.3) is 0 Å². The highest BCUT2D eigenvalue weighted by Crippen LogP contribution is 2.59. The van der Waals surface area contributed by atoms with Gasteiger partial charge in [-0.25, -0.2) is 0 Å². The van der Waals surface area contributed by atoms with Gasteiger partial charge < -0.3 is 0 Å². The molecular formula is C14H24. The van der Waals surface area contributed by atoms with E-state index in [1.165, 1.54) is 6.42 Å². The molecule has 0 bridgehead atoms. The van der Waals surface area contributed by atoms with Gasteiger partial charge in [0.2, 0.25) is 0 Å². The summed E-state index contributed by atoms with van der Waals surface area (Å²) in [6.07, 6.45) is 17.2. The van der Waals surface area contributed by atoms with E-state index in [1.807, 2.05) is 0 Å². The van der Waals surface area contributed by atoms with Crippen molar-refractivity contribution in [2.75, 3.05) is 0 Å². The zero-order valence-electron chi connectivity index (χ0n) is 9.43. The SMILES string of the molecule is C1CCC(C2CCC2)(C2CCC2)CC1. The predicted octanol–water partition coefficient (Wildman–Crippen LogP) is 4.54. The van der Waals surface area contributed by atoms with Gasteiger partial charge in [0.15, 0.2) is 0 Å². The second-order valence-electron chi connectivity index (χ2n) is 6.05. The second-order valence-corrected chi connectivity index (χ2v) is 6.05. The molecule has 3 fully saturated rings. The minimum Gasteiger partial charge on any atom is -0.0533 e. The second kappa shape index (κ2) is 3.54. The van der Waals surface area contributed by atoms with Crippen molar-refractivity contribution in [2.24, 2.45) is 17.3 Å². The molecule has 3 saturated carbocycles. The Morgan fingerprint density at radius 2 is 1.07 bits per heavy atom. The fourth-order valence-corrected chi connectivity index (χ4v) is 4.33. The first-order valence-electron chi connectivity index (χ1n) is 6.92. The van der Waals surface area contributed by atoms with E-state index in [0.717, 1.165) is 17.3 Å². The molecule has 0 aromatic heterocycles. The molecule has 3 rings (SSSR count). The lowest BCUT2D eigenvalue weighted by molar-refractivity contribution is -0.0489. The van der Waals surface area contributed by atoms with Crippen molar-refractivity contribution in [3.05, 3.63) is 0 Å². The molecule has 0 N–H and O–H groups in total. The number of hydrogen-bond acceptors (Lipinski definition) is 0. The average Bonchev–Trinajstić information content (AvgIpc) is 1.98. The summed E-state index contributed by atoms with van der Waals surface area (Å²) in [4.78, 5) is 0. The topological polar surface area (TPSA) is 0 Å². The van der Waals surface area contributed by atoms with Crippen LogP contribution in [-0.4, -0.2) is 0 Å². The Morgan fingerprint density at radius 3 is 1.43 bits per heavy atom. The van der Waals surface area contributed by atoms with Crippen LogP contribution in [0.1, 0.15) is 70.6 Å². The molecule has 0 saturated heterocycles. The van der Waals surface area contributed by atoms with Crippen LogP contribution in [0.3, 0.4) is 0 Å². The van der Waals surface area contributed by atoms with Crippen molar-refractivity contribution in [1.29, 1.82) is 0 Å². The molecule has 0 spiro atoms. The highest BCUT2D eigenvalue weighted by Gasteiger charge is 2.48. The predicted molar refractivity (Wildman–Crippen MR) is 60.2 cm³/mol. The van der Waals surface area contributed by atoms with Gasteiger partial charge in [-0.15, -0.1) is 0 Å². The third-order valence-electron chi connectivity index (χ3n) is 5.62. The van der Waals surface area contributed by atoms with E-state index in [2.05, 4.69) is 0 Å². The van der Waals surface area contributed by atoms with Crippen molar-refractivity contribution in [3.8, 4) is 0 Å². The van der Waals surface area contributed by atoms with Crippen molar-refractivity contribution < 1.29 is 0 Å². The molecule has 0 heteroatoms. The lowest BCUT2D eigenvalue weighted by Crippen LogP contribution is -2.45. The maximum absolute atomic E-state index is 1.60. The largest absolute Gasteiger partial charge is 0.0533 e. The Balaban J connectivity index is 1.76. The lowest BCUT2D eigenvalue weighted by atomic mass is 9.50. The normalized spacial score (nSPS) is 33.4. The molecule has 0 atom stereocenters. The molecule has 0 heterocycles. The summed E-state index contributed by atoms with van der Waals surface area (Å²) in [7, 11) is 0. The molecule has 80 valence electrons. The molecule has 0 aliphatic heterocycles. The molecule has 0 nitrogen and oxygen atoms in total. The van der Waals surface area contributed by atoms with E-state index < -0.39 is 0 Å². The van der Waals surface area contributed by atoms with Crippen molar-refractivity contribution >= 4 is 0 Å². The fraction of sp³-hybridized carbons (Fsp3) is 1.00. The van der Waals surface area contributed by atoms with Crippen LogP contribution in [0.2, 0.25) is 0 Å². The number of rotatable bonds is 2. The Kier molecular flexibility index (Phi) is 2.34. The zero-order chi connectivity index (χ0) is 9.43. The smallest absolute Gasteiger partial charge is 0.0241 e. The summed E-state index contributed by atoms with van der Waals surface area (Å²) >= 11 is 0. The monoisotopic (exact) mass is 192 g/mol. The molecule has 3 aliphatic rings. The van der Waals surface area contributed by atoms with E-state index >= 15 is 0 Å². The first kappa shape index (κ1) is 9.24. The van der Waals surface area contributed by atoms with Gasteiger partial charge in [0, 0.05) is 0 Å². The third-order valence-corrected chi connectivity index (χ3v) is 5.62. The molecule has 0 aromatic carbocycles. The van der Waals surface area contributed by atoms with Crippen LogP contribution in [-0.2, 0) is 0 Å². The van der Waals surface area contributed by atoms with E-state index in [4.69, 9.17) is 0 Å². The molecule has 0 amide bonds. The van der Waals surface area contributed by atoms with Gasteiger partial charge in [-0.05, 0) is 55.8 Å². The van der Waals surface area contributed by atoms with Crippen LogP contribution in [0.15, 0.2) is 0 Å². The van der Waals surface area contributed by atoms with Crippen molar-refractivity contribution in [1.82, 2.24) is 0 Å². The van der Waals surface area contributed by atoms with Crippen LogP contribution in [0.4, 0.5) is 0 Å². The van der Waals surface area contributed by atoms with Gasteiger partial charge in [-0.2, -0.15) is 0 Å². The van der Waals surface area contributed by atoms with Crippen LogP contribution >= 0.6 is 0 Å². The summed E-state index contributed by atoms with van der Waals surface area (Å²) in [6.45, 7) is 0. The van der Waals surface area contributed by atoms with Crippen molar-refractivity contribution in [3.63, 3.8) is 0 Å². The molecular weight excluding hydrogens is 168 g/mol. The fourth-order valence-electron chi connectivity index (χ4n) is 4.33. The summed E-state index contributed by atoms with van der Waals surface area (Å²) in [5, 5.41) is 0. The molecule has 0 unspecified atom stereocenters. The highest BCUT2D eigenvalue weighted by atomic mass is 14.5. The Morgan fingerprint density at radius 1 is 0.571 bits per heavy atom. The van der Waals surface area contributed by atoms with Gasteiger partial charge in [-0.1, -0.05) is 32.1 Å². The highest BCUT2D eigenvalue weighted by molar-refractivity contribution is 4.99. The Bertz CT molecular complexity index is 176. The molecule has 0 aromatic rings. The van der Waals surface area contributed by atoms with Crippen molar-refractivity contribution in [2.45, 2.75) is 70.6 Å². The van der Waals surface area contributed by atoms with Crippen LogP contribution in [0, 0.1) is 17.3 Å². The average molecular weight is 192 g/mol. The van der Waals surface area contributed by atoms with Crippen LogP contribution < -0.4 is 0 Å². The lowest BCUT2D eigenvalue weighted by Gasteiger charge is -2.55. The minimum atomic E-state index is 0.870. The van der Waals surface area contributed by atoms with E-state index in [9.17, 15) is 0 Å². The summed E-state index contributed by atoms with van der Waals surface area (Å²) in [5.41, 5.74) is 0.870. The maximum Gasteiger partial charge on any atom is -0.0241 e. The molecule has 0 radical (unpaired) electrons. The Labute approximate surface area is 88.5 Å². The third kappa shape index (κ3) is 1.26. The first-order chi connectivity index (χ1) is 6.92. The van der Waals surface area contributed by atoms with E-state index in [-0.39, 0.29) is 0 Å². The van der Waals surface area contributed by atoms with Gasteiger partial charge in [0.1, 0.15) is 0 Å². The van der Waals surface area contributed by atoms with Gasteiger partial charge in [-0.3, -0.25) is 0 Å². The van der Waals surface area contributed by atoms with Gasteiger partial charge in [0.25, 0.3) is 0 Å². The van der Waals surface area contributed by atoms with E-state index in [1.54, 1.807) is 64.2 Å². The summed E-state index contributed by atoms with van der Waals surface area (Å²) in [6, 6.07) is 0. The Hall–Kier alpha value is 0. The van der Waals surface area contributed by atoms with E-state index in [0.29, 0.717) is 0 Å². The maximum atomic E-state index is 1.60. The minimum absolute atomic E-state index is 0.870. The van der Waals surface area contributed by atoms with Gasteiger partial charge in [0.05, 0.1) is 0 Å². The number of hydrogen-bond donors (Lipinski definition) is 0. The molecule has 14 heavy (non-hydrogen) atoms. The first-order valence-corrected chi connectivity index (χ1v) is 6.92. The summed E-state index contributed by atoms with van der Waals surface area (Å²) < 4.78 is 0. The standard InChI is InChI=1S/C14H24/c1-2-10-14(11-3-1,12-6-4-7-12)13-8-5-9-13/h12-13H,1-11H2. The molecule has 3 aliphatic carbocycles. The zero-order valence-corrected chi connectivity index (χ0v) is 9.43.